The van der Waals surface area contributed by atoms with Gasteiger partial charge in [-0.15, -0.1) is 11.3 Å². The lowest BCUT2D eigenvalue weighted by Gasteiger charge is -2.35. The molecule has 1 fully saturated rings. The number of urea groups is 1. The lowest BCUT2D eigenvalue weighted by Crippen LogP contribution is -2.58. The molecule has 0 radical (unpaired) electrons. The summed E-state index contributed by atoms with van der Waals surface area (Å²) in [6, 6.07) is -0.698. The number of ether oxygens (including phenoxy) is 1. The van der Waals surface area contributed by atoms with Crippen molar-refractivity contribution in [2.75, 3.05) is 31.4 Å². The molecule has 3 N–H and O–H groups in total. The molecule has 0 atom stereocenters. The second kappa shape index (κ2) is 5.00. The van der Waals surface area contributed by atoms with E-state index in [-0.39, 0.29) is 5.88 Å². The summed E-state index contributed by atoms with van der Waals surface area (Å²) in [5.74, 6) is -0.106. The number of thiazole rings is 1. The van der Waals surface area contributed by atoms with E-state index in [4.69, 9.17) is 22.7 Å². The second-order valence-corrected chi connectivity index (χ2v) is 4.87. The molecule has 7 nitrogen and oxygen atoms in total. The van der Waals surface area contributed by atoms with Gasteiger partial charge in [0.2, 0.25) is 5.88 Å². The topological polar surface area (TPSA) is 84.0 Å². The Kier molecular flexibility index (Phi) is 3.62. The minimum absolute atomic E-state index is 0.106. The van der Waals surface area contributed by atoms with Crippen LogP contribution in [-0.4, -0.2) is 47.1 Å². The number of carbonyl (C=O) groups excluding carboxylic acids is 1. The number of aromatic hydroxyl groups is 1. The van der Waals surface area contributed by atoms with Crippen molar-refractivity contribution in [1.29, 1.82) is 0 Å². The SMILES string of the molecule is NC(=O)N(N1CCOCC1)n1c(O)csc1=S. The van der Waals surface area contributed by atoms with Gasteiger partial charge in [-0.05, 0) is 12.2 Å². The van der Waals surface area contributed by atoms with E-state index in [2.05, 4.69) is 0 Å². The molecular formula is C8H12N4O3S2. The molecule has 0 unspecified atom stereocenters. The Morgan fingerprint density at radius 3 is 2.71 bits per heavy atom. The Morgan fingerprint density at radius 1 is 1.59 bits per heavy atom. The zero-order chi connectivity index (χ0) is 12.4. The number of nitrogens with two attached hydrogens (primary N) is 1. The number of amides is 2. The van der Waals surface area contributed by atoms with Crippen LogP contribution in [0.15, 0.2) is 5.38 Å². The van der Waals surface area contributed by atoms with Crippen LogP contribution in [0.25, 0.3) is 0 Å². The summed E-state index contributed by atoms with van der Waals surface area (Å²) >= 11 is 6.21. The van der Waals surface area contributed by atoms with Crippen LogP contribution in [0.4, 0.5) is 4.79 Å². The highest BCUT2D eigenvalue weighted by molar-refractivity contribution is 7.73. The number of morpholine rings is 1. The third-order valence-electron chi connectivity index (χ3n) is 2.30. The van der Waals surface area contributed by atoms with Crippen LogP contribution in [0, 0.1) is 3.95 Å². The Labute approximate surface area is 107 Å². The average molecular weight is 276 g/mol. The predicted octanol–water partition coefficient (Wildman–Crippen LogP) is 0.249. The van der Waals surface area contributed by atoms with Crippen molar-refractivity contribution in [3.05, 3.63) is 9.33 Å². The van der Waals surface area contributed by atoms with Gasteiger partial charge in [0.25, 0.3) is 0 Å². The molecule has 94 valence electrons. The van der Waals surface area contributed by atoms with Crippen molar-refractivity contribution in [3.8, 4) is 5.88 Å². The molecule has 0 spiro atoms. The molecule has 1 aliphatic rings. The molecule has 1 aromatic heterocycles. The van der Waals surface area contributed by atoms with Gasteiger partial charge in [-0.2, -0.15) is 14.8 Å². The van der Waals surface area contributed by atoms with Gasteiger partial charge in [0.05, 0.1) is 18.6 Å². The highest BCUT2D eigenvalue weighted by Crippen LogP contribution is 2.19. The fourth-order valence-electron chi connectivity index (χ4n) is 1.58. The number of nitrogens with zero attached hydrogens (tertiary/aromatic N) is 3. The maximum Gasteiger partial charge on any atom is 0.349 e. The standard InChI is InChI=1S/C8H12N4O3S2/c9-7(14)12(10-1-3-15-4-2-10)11-6(13)5-17-8(11)16/h5,13H,1-4H2,(H2,9,14). The van der Waals surface area contributed by atoms with Gasteiger partial charge in [0, 0.05) is 13.1 Å². The van der Waals surface area contributed by atoms with Crippen molar-refractivity contribution in [2.24, 2.45) is 5.73 Å². The number of primary amides is 1. The lowest BCUT2D eigenvalue weighted by atomic mass is 10.5. The van der Waals surface area contributed by atoms with Crippen LogP contribution in [0.1, 0.15) is 0 Å². The van der Waals surface area contributed by atoms with Crippen LogP contribution in [0.3, 0.4) is 0 Å². The summed E-state index contributed by atoms with van der Waals surface area (Å²) in [4.78, 5) is 11.5. The Bertz CT molecular complexity index is 466. The molecule has 2 amide bonds. The zero-order valence-electron chi connectivity index (χ0n) is 8.90. The van der Waals surface area contributed by atoms with Crippen LogP contribution in [0.2, 0.25) is 0 Å². The average Bonchev–Trinajstić information content (AvgIpc) is 2.62. The van der Waals surface area contributed by atoms with Gasteiger partial charge in [-0.3, -0.25) is 0 Å². The highest BCUT2D eigenvalue weighted by atomic mass is 32.1. The highest BCUT2D eigenvalue weighted by Gasteiger charge is 2.25. The molecule has 1 saturated heterocycles. The van der Waals surface area contributed by atoms with Crippen LogP contribution in [-0.2, 0) is 4.74 Å². The smallest absolute Gasteiger partial charge is 0.349 e. The van der Waals surface area contributed by atoms with E-state index in [9.17, 15) is 9.90 Å². The number of aromatic nitrogens is 1. The molecular weight excluding hydrogens is 264 g/mol. The van der Waals surface area contributed by atoms with E-state index in [1.54, 1.807) is 5.01 Å². The van der Waals surface area contributed by atoms with E-state index in [1.165, 1.54) is 10.1 Å². The third-order valence-corrected chi connectivity index (χ3v) is 3.46. The summed E-state index contributed by atoms with van der Waals surface area (Å²) in [6.45, 7) is 2.03. The molecule has 0 aromatic carbocycles. The quantitative estimate of drug-likeness (QED) is 0.756. The largest absolute Gasteiger partial charge is 0.493 e. The summed E-state index contributed by atoms with van der Waals surface area (Å²) in [7, 11) is 0. The van der Waals surface area contributed by atoms with Crippen molar-refractivity contribution in [3.63, 3.8) is 0 Å². The first kappa shape index (κ1) is 12.3. The minimum Gasteiger partial charge on any atom is -0.493 e. The van der Waals surface area contributed by atoms with E-state index < -0.39 is 6.03 Å². The normalized spacial score (nSPS) is 16.9. The van der Waals surface area contributed by atoms with E-state index in [1.807, 2.05) is 0 Å². The number of hydrazine groups is 1. The molecule has 1 aromatic rings. The molecule has 0 aliphatic carbocycles. The van der Waals surface area contributed by atoms with E-state index in [0.29, 0.717) is 30.3 Å². The zero-order valence-corrected chi connectivity index (χ0v) is 10.5. The van der Waals surface area contributed by atoms with Gasteiger partial charge >= 0.3 is 6.03 Å². The van der Waals surface area contributed by atoms with Crippen molar-refractivity contribution < 1.29 is 14.6 Å². The summed E-state index contributed by atoms with van der Waals surface area (Å²) in [5, 5.41) is 14.0. The van der Waals surface area contributed by atoms with Crippen LogP contribution < -0.4 is 10.9 Å². The van der Waals surface area contributed by atoms with Crippen molar-refractivity contribution in [2.45, 2.75) is 0 Å². The first-order valence-electron chi connectivity index (χ1n) is 4.93. The fraction of sp³-hybridized carbons (Fsp3) is 0.500. The number of carbonyl (C=O) groups is 1. The second-order valence-electron chi connectivity index (χ2n) is 3.37. The van der Waals surface area contributed by atoms with Gasteiger partial charge in [-0.25, -0.2) is 4.79 Å². The summed E-state index contributed by atoms with van der Waals surface area (Å²) in [6.07, 6.45) is 0. The van der Waals surface area contributed by atoms with E-state index in [0.717, 1.165) is 16.5 Å². The van der Waals surface area contributed by atoms with Gasteiger partial charge < -0.3 is 15.6 Å². The van der Waals surface area contributed by atoms with Gasteiger partial charge in [-0.1, -0.05) is 0 Å². The van der Waals surface area contributed by atoms with Crippen LogP contribution >= 0.6 is 23.6 Å². The predicted molar refractivity (Wildman–Crippen MR) is 65.0 cm³/mol. The number of hydrogen-bond acceptors (Lipinski definition) is 6. The molecule has 1 aliphatic heterocycles. The maximum absolute atomic E-state index is 11.5. The summed E-state index contributed by atoms with van der Waals surface area (Å²) < 4.78 is 6.76. The maximum atomic E-state index is 11.5. The monoisotopic (exact) mass is 276 g/mol. The van der Waals surface area contributed by atoms with Gasteiger partial charge in [0.1, 0.15) is 0 Å². The number of rotatable bonds is 2. The van der Waals surface area contributed by atoms with Gasteiger partial charge in [0.15, 0.2) is 3.95 Å². The summed E-state index contributed by atoms with van der Waals surface area (Å²) in [5.41, 5.74) is 5.33. The molecule has 2 heterocycles. The van der Waals surface area contributed by atoms with Crippen molar-refractivity contribution in [1.82, 2.24) is 9.69 Å². The Balaban J connectivity index is 2.35. The Hall–Kier alpha value is -1.16. The van der Waals surface area contributed by atoms with Crippen molar-refractivity contribution >= 4 is 29.6 Å². The number of hydrogen-bond donors (Lipinski definition) is 2. The fourth-order valence-corrected chi connectivity index (χ4v) is 2.47. The molecule has 17 heavy (non-hydrogen) atoms. The first-order valence-corrected chi connectivity index (χ1v) is 6.22. The Morgan fingerprint density at radius 2 is 2.24 bits per heavy atom. The lowest BCUT2D eigenvalue weighted by molar-refractivity contribution is 0.0231. The molecule has 0 saturated carbocycles. The third kappa shape index (κ3) is 2.41. The molecule has 0 bridgehead atoms. The van der Waals surface area contributed by atoms with E-state index >= 15 is 0 Å². The van der Waals surface area contributed by atoms with Crippen LogP contribution in [0.5, 0.6) is 5.88 Å². The molecule has 2 rings (SSSR count). The molecule has 9 heteroatoms. The minimum atomic E-state index is -0.698. The first-order chi connectivity index (χ1) is 8.11.